The Labute approximate surface area is 91.4 Å². The molecule has 0 bridgehead atoms. The minimum Gasteiger partial charge on any atom is -0.369 e. The number of rotatable bonds is 5. The van der Waals surface area contributed by atoms with Gasteiger partial charge < -0.3 is 10.5 Å². The van der Waals surface area contributed by atoms with E-state index in [1.54, 1.807) is 4.68 Å². The van der Waals surface area contributed by atoms with E-state index in [1.165, 1.54) is 0 Å². The molecule has 0 saturated heterocycles. The average Bonchev–Trinajstić information content (AvgIpc) is 2.59. The molecule has 4 nitrogen and oxygen atoms in total. The van der Waals surface area contributed by atoms with Crippen molar-refractivity contribution in [3.05, 3.63) is 18.0 Å². The Morgan fingerprint density at radius 1 is 1.53 bits per heavy atom. The predicted molar refractivity (Wildman–Crippen MR) is 60.4 cm³/mol. The van der Waals surface area contributed by atoms with Crippen LogP contribution in [-0.2, 0) is 11.8 Å². The third-order valence-electron chi connectivity index (χ3n) is 2.33. The molecule has 2 atom stereocenters. The van der Waals surface area contributed by atoms with E-state index in [9.17, 15) is 0 Å². The third-order valence-corrected chi connectivity index (χ3v) is 2.33. The number of ether oxygens (including phenoxy) is 1. The van der Waals surface area contributed by atoms with Crippen LogP contribution < -0.4 is 5.73 Å². The maximum atomic E-state index is 6.04. The van der Waals surface area contributed by atoms with Gasteiger partial charge in [-0.1, -0.05) is 6.92 Å². The van der Waals surface area contributed by atoms with Crippen molar-refractivity contribution in [3.63, 3.8) is 0 Å². The summed E-state index contributed by atoms with van der Waals surface area (Å²) in [5, 5.41) is 4.14. The van der Waals surface area contributed by atoms with Crippen LogP contribution in [0.15, 0.2) is 12.4 Å². The molecule has 0 aromatic carbocycles. The molecule has 2 N–H and O–H groups in total. The highest BCUT2D eigenvalue weighted by molar-refractivity contribution is 5.10. The summed E-state index contributed by atoms with van der Waals surface area (Å²) in [6, 6.07) is 0.0246. The van der Waals surface area contributed by atoms with Crippen LogP contribution in [0.3, 0.4) is 0 Å². The molecule has 15 heavy (non-hydrogen) atoms. The van der Waals surface area contributed by atoms with E-state index < -0.39 is 0 Å². The topological polar surface area (TPSA) is 53.1 Å². The van der Waals surface area contributed by atoms with Crippen LogP contribution in [0.2, 0.25) is 0 Å². The Bertz CT molecular complexity index is 296. The van der Waals surface area contributed by atoms with Gasteiger partial charge >= 0.3 is 0 Å². The van der Waals surface area contributed by atoms with Gasteiger partial charge in [0.05, 0.1) is 12.3 Å². The number of hydrogen-bond acceptors (Lipinski definition) is 3. The Morgan fingerprint density at radius 3 is 2.60 bits per heavy atom. The summed E-state index contributed by atoms with van der Waals surface area (Å²) >= 11 is 0. The van der Waals surface area contributed by atoms with E-state index in [0.717, 1.165) is 12.0 Å². The smallest absolute Gasteiger partial charge is 0.101 e. The molecule has 0 radical (unpaired) electrons. The summed E-state index contributed by atoms with van der Waals surface area (Å²) in [5.41, 5.74) is 7.10. The first-order valence-electron chi connectivity index (χ1n) is 5.44. The number of nitrogens with zero attached hydrogens (tertiary/aromatic N) is 2. The van der Waals surface area contributed by atoms with Crippen LogP contribution in [0.25, 0.3) is 0 Å². The van der Waals surface area contributed by atoms with Crippen molar-refractivity contribution in [1.82, 2.24) is 9.78 Å². The Morgan fingerprint density at radius 2 is 2.20 bits per heavy atom. The molecule has 0 amide bonds. The van der Waals surface area contributed by atoms with Gasteiger partial charge in [0.15, 0.2) is 0 Å². The van der Waals surface area contributed by atoms with Gasteiger partial charge in [-0.3, -0.25) is 4.68 Å². The SMILES string of the molecule is CCC(N)C(OC(C)C)c1cnn(C)c1. The lowest BCUT2D eigenvalue weighted by molar-refractivity contribution is -0.00901. The largest absolute Gasteiger partial charge is 0.369 e. The summed E-state index contributed by atoms with van der Waals surface area (Å²) in [6.45, 7) is 6.11. The Hall–Kier alpha value is -0.870. The Kier molecular flexibility index (Phi) is 4.29. The minimum absolute atomic E-state index is 0.0246. The maximum Gasteiger partial charge on any atom is 0.101 e. The average molecular weight is 211 g/mol. The zero-order chi connectivity index (χ0) is 11.4. The van der Waals surface area contributed by atoms with Crippen molar-refractivity contribution < 1.29 is 4.74 Å². The second kappa shape index (κ2) is 5.28. The monoisotopic (exact) mass is 211 g/mol. The molecule has 2 unspecified atom stereocenters. The molecule has 1 heterocycles. The van der Waals surface area contributed by atoms with Crippen molar-refractivity contribution >= 4 is 0 Å². The molecule has 1 rings (SSSR count). The second-order valence-electron chi connectivity index (χ2n) is 4.12. The highest BCUT2D eigenvalue weighted by atomic mass is 16.5. The molecular formula is C11H21N3O. The van der Waals surface area contributed by atoms with Crippen LogP contribution >= 0.6 is 0 Å². The van der Waals surface area contributed by atoms with Gasteiger partial charge in [0.25, 0.3) is 0 Å². The van der Waals surface area contributed by atoms with E-state index in [1.807, 2.05) is 33.3 Å². The first-order valence-corrected chi connectivity index (χ1v) is 5.44. The molecule has 0 saturated carbocycles. The molecule has 0 spiro atoms. The summed E-state index contributed by atoms with van der Waals surface area (Å²) in [5.74, 6) is 0. The van der Waals surface area contributed by atoms with Crippen molar-refractivity contribution in [1.29, 1.82) is 0 Å². The lowest BCUT2D eigenvalue weighted by atomic mass is 10.0. The van der Waals surface area contributed by atoms with Gasteiger partial charge in [0.2, 0.25) is 0 Å². The molecule has 4 heteroatoms. The number of nitrogens with two attached hydrogens (primary N) is 1. The van der Waals surface area contributed by atoms with Gasteiger partial charge in [0, 0.05) is 24.8 Å². The van der Waals surface area contributed by atoms with E-state index in [-0.39, 0.29) is 18.2 Å². The van der Waals surface area contributed by atoms with Crippen LogP contribution in [-0.4, -0.2) is 21.9 Å². The Balaban J connectivity index is 2.80. The standard InChI is InChI=1S/C11H21N3O/c1-5-10(12)11(15-8(2)3)9-6-13-14(4)7-9/h6-8,10-11H,5,12H2,1-4H3. The van der Waals surface area contributed by atoms with Crippen LogP contribution in [0.4, 0.5) is 0 Å². The molecular weight excluding hydrogens is 190 g/mol. The third kappa shape index (κ3) is 3.32. The van der Waals surface area contributed by atoms with Crippen LogP contribution in [0, 0.1) is 0 Å². The fourth-order valence-corrected chi connectivity index (χ4v) is 1.52. The molecule has 0 aliphatic carbocycles. The zero-order valence-electron chi connectivity index (χ0n) is 9.97. The fraction of sp³-hybridized carbons (Fsp3) is 0.727. The summed E-state index contributed by atoms with van der Waals surface area (Å²) in [4.78, 5) is 0. The number of aromatic nitrogens is 2. The minimum atomic E-state index is -0.0521. The van der Waals surface area contributed by atoms with Crippen molar-refractivity contribution in [2.45, 2.75) is 45.4 Å². The fourth-order valence-electron chi connectivity index (χ4n) is 1.52. The second-order valence-corrected chi connectivity index (χ2v) is 4.12. The lowest BCUT2D eigenvalue weighted by Gasteiger charge is -2.24. The predicted octanol–water partition coefficient (Wildman–Crippen LogP) is 1.62. The molecule has 1 aromatic heterocycles. The summed E-state index contributed by atoms with van der Waals surface area (Å²) in [6.07, 6.45) is 4.80. The van der Waals surface area contributed by atoms with E-state index in [4.69, 9.17) is 10.5 Å². The normalized spacial score (nSPS) is 15.6. The van der Waals surface area contributed by atoms with Gasteiger partial charge in [-0.25, -0.2) is 0 Å². The van der Waals surface area contributed by atoms with E-state index in [0.29, 0.717) is 0 Å². The highest BCUT2D eigenvalue weighted by Gasteiger charge is 2.21. The molecule has 86 valence electrons. The summed E-state index contributed by atoms with van der Waals surface area (Å²) < 4.78 is 7.60. The van der Waals surface area contributed by atoms with Crippen molar-refractivity contribution in [3.8, 4) is 0 Å². The van der Waals surface area contributed by atoms with Gasteiger partial charge in [0.1, 0.15) is 6.10 Å². The van der Waals surface area contributed by atoms with Gasteiger partial charge in [-0.2, -0.15) is 5.10 Å². The quantitative estimate of drug-likeness (QED) is 0.805. The first kappa shape index (κ1) is 12.2. The van der Waals surface area contributed by atoms with Gasteiger partial charge in [-0.15, -0.1) is 0 Å². The van der Waals surface area contributed by atoms with Gasteiger partial charge in [-0.05, 0) is 20.3 Å². The van der Waals surface area contributed by atoms with E-state index >= 15 is 0 Å². The number of hydrogen-bond donors (Lipinski definition) is 1. The molecule has 0 aliphatic heterocycles. The van der Waals surface area contributed by atoms with Crippen LogP contribution in [0.5, 0.6) is 0 Å². The van der Waals surface area contributed by atoms with Crippen LogP contribution in [0.1, 0.15) is 38.9 Å². The molecule has 1 aromatic rings. The van der Waals surface area contributed by atoms with Crippen molar-refractivity contribution in [2.24, 2.45) is 12.8 Å². The van der Waals surface area contributed by atoms with E-state index in [2.05, 4.69) is 12.0 Å². The highest BCUT2D eigenvalue weighted by Crippen LogP contribution is 2.22. The lowest BCUT2D eigenvalue weighted by Crippen LogP contribution is -2.31. The maximum absolute atomic E-state index is 6.04. The number of aryl methyl sites for hydroxylation is 1. The zero-order valence-corrected chi connectivity index (χ0v) is 9.97. The first-order chi connectivity index (χ1) is 7.04. The summed E-state index contributed by atoms with van der Waals surface area (Å²) in [7, 11) is 1.90. The van der Waals surface area contributed by atoms with Crippen molar-refractivity contribution in [2.75, 3.05) is 0 Å². The molecule has 0 fully saturated rings. The molecule has 0 aliphatic rings.